The number of rotatable bonds is 6. The van der Waals surface area contributed by atoms with Gasteiger partial charge >= 0.3 is 0 Å². The number of aromatic nitrogens is 2. The summed E-state index contributed by atoms with van der Waals surface area (Å²) in [6.07, 6.45) is 14.9. The Labute approximate surface area is 145 Å². The molecule has 0 N–H and O–H groups in total. The Kier molecular flexibility index (Phi) is 5.58. The van der Waals surface area contributed by atoms with Crippen molar-refractivity contribution in [2.75, 3.05) is 0 Å². The van der Waals surface area contributed by atoms with E-state index in [1.807, 2.05) is 18.5 Å². The topological polar surface area (TPSA) is 25.8 Å². The molecule has 1 heterocycles. The van der Waals surface area contributed by atoms with Crippen LogP contribution in [0.4, 0.5) is 0 Å². The first-order chi connectivity index (χ1) is 11.8. The third kappa shape index (κ3) is 4.00. The second-order valence-electron chi connectivity index (χ2n) is 6.77. The largest absolute Gasteiger partial charge is 0.236 e. The van der Waals surface area contributed by atoms with Gasteiger partial charge in [-0.15, -0.1) is 13.2 Å². The van der Waals surface area contributed by atoms with E-state index < -0.39 is 0 Å². The van der Waals surface area contributed by atoms with Crippen molar-refractivity contribution < 1.29 is 0 Å². The predicted octanol–water partition coefficient (Wildman–Crippen LogP) is 5.72. The first kappa shape index (κ1) is 16.6. The lowest BCUT2D eigenvalue weighted by atomic mass is 9.77. The van der Waals surface area contributed by atoms with Crippen LogP contribution in [0.2, 0.25) is 0 Å². The van der Waals surface area contributed by atoms with Crippen LogP contribution in [0.3, 0.4) is 0 Å². The summed E-state index contributed by atoms with van der Waals surface area (Å²) in [5.74, 6) is 2.35. The van der Waals surface area contributed by atoms with E-state index in [2.05, 4.69) is 53.5 Å². The quantitative estimate of drug-likeness (QED) is 0.636. The first-order valence-electron chi connectivity index (χ1n) is 8.93. The van der Waals surface area contributed by atoms with Crippen LogP contribution in [-0.4, -0.2) is 9.97 Å². The average Bonchev–Trinajstić information content (AvgIpc) is 2.64. The molecule has 1 saturated carbocycles. The zero-order valence-corrected chi connectivity index (χ0v) is 14.3. The van der Waals surface area contributed by atoms with Crippen molar-refractivity contribution in [1.82, 2.24) is 9.97 Å². The molecule has 0 atom stereocenters. The van der Waals surface area contributed by atoms with Crippen molar-refractivity contribution in [1.29, 1.82) is 0 Å². The highest BCUT2D eigenvalue weighted by atomic mass is 14.9. The molecule has 1 aromatic carbocycles. The van der Waals surface area contributed by atoms with E-state index in [1.54, 1.807) is 0 Å². The molecule has 1 fully saturated rings. The molecule has 1 aromatic heterocycles. The fraction of sp³-hybridized carbons (Fsp3) is 0.364. The predicted molar refractivity (Wildman–Crippen MR) is 101 cm³/mol. The van der Waals surface area contributed by atoms with E-state index in [1.165, 1.54) is 37.7 Å². The van der Waals surface area contributed by atoms with Crippen molar-refractivity contribution in [3.8, 4) is 11.4 Å². The van der Waals surface area contributed by atoms with Crippen molar-refractivity contribution in [3.05, 3.63) is 73.1 Å². The van der Waals surface area contributed by atoms with Crippen LogP contribution in [0.5, 0.6) is 0 Å². The fourth-order valence-electron chi connectivity index (χ4n) is 3.65. The molecule has 2 aromatic rings. The molecule has 0 radical (unpaired) electrons. The minimum absolute atomic E-state index is 0.705. The average molecular weight is 318 g/mol. The summed E-state index contributed by atoms with van der Waals surface area (Å²) in [6.45, 7) is 7.61. The smallest absolute Gasteiger partial charge is 0.159 e. The van der Waals surface area contributed by atoms with Crippen molar-refractivity contribution >= 4 is 0 Å². The van der Waals surface area contributed by atoms with Gasteiger partial charge in [-0.1, -0.05) is 36.4 Å². The number of nitrogens with zero attached hydrogens (tertiary/aromatic N) is 2. The third-order valence-corrected chi connectivity index (χ3v) is 5.07. The molecule has 0 unspecified atom stereocenters. The van der Waals surface area contributed by atoms with Gasteiger partial charge in [0.1, 0.15) is 0 Å². The van der Waals surface area contributed by atoms with E-state index in [0.717, 1.165) is 29.3 Å². The normalized spacial score (nSPS) is 20.5. The van der Waals surface area contributed by atoms with Gasteiger partial charge in [-0.3, -0.25) is 0 Å². The first-order valence-corrected chi connectivity index (χ1v) is 8.93. The summed E-state index contributed by atoms with van der Waals surface area (Å²) in [5, 5.41) is 0. The van der Waals surface area contributed by atoms with Crippen LogP contribution < -0.4 is 0 Å². The molecule has 0 bridgehead atoms. The van der Waals surface area contributed by atoms with Crippen molar-refractivity contribution in [3.63, 3.8) is 0 Å². The van der Waals surface area contributed by atoms with Crippen LogP contribution in [0.25, 0.3) is 11.4 Å². The van der Waals surface area contributed by atoms with Crippen LogP contribution >= 0.6 is 0 Å². The lowest BCUT2D eigenvalue weighted by Crippen LogP contribution is -2.12. The maximum Gasteiger partial charge on any atom is 0.159 e. The van der Waals surface area contributed by atoms with Crippen molar-refractivity contribution in [2.45, 2.75) is 44.4 Å². The van der Waals surface area contributed by atoms with Crippen molar-refractivity contribution in [2.24, 2.45) is 5.92 Å². The number of hydrogen-bond acceptors (Lipinski definition) is 2. The fourth-order valence-corrected chi connectivity index (χ4v) is 3.65. The molecule has 124 valence electrons. The van der Waals surface area contributed by atoms with Crippen LogP contribution in [0.15, 0.2) is 62.0 Å². The van der Waals surface area contributed by atoms with Gasteiger partial charge in [0.2, 0.25) is 0 Å². The number of allylic oxidation sites excluding steroid dienone is 2. The highest BCUT2D eigenvalue weighted by molar-refractivity contribution is 5.55. The van der Waals surface area contributed by atoms with Gasteiger partial charge in [0.25, 0.3) is 0 Å². The molecule has 2 nitrogen and oxygen atoms in total. The second kappa shape index (κ2) is 8.05. The Bertz CT molecular complexity index is 662. The van der Waals surface area contributed by atoms with Gasteiger partial charge in [-0.05, 0) is 61.5 Å². The highest BCUT2D eigenvalue weighted by Crippen LogP contribution is 2.37. The Morgan fingerprint density at radius 3 is 2.17 bits per heavy atom. The van der Waals surface area contributed by atoms with Crippen LogP contribution in [-0.2, 0) is 6.42 Å². The minimum Gasteiger partial charge on any atom is -0.236 e. The van der Waals surface area contributed by atoms with E-state index in [-0.39, 0.29) is 0 Å². The molecule has 0 aliphatic heterocycles. The molecule has 0 spiro atoms. The summed E-state index contributed by atoms with van der Waals surface area (Å²) in [6, 6.07) is 8.84. The summed E-state index contributed by atoms with van der Waals surface area (Å²) in [4.78, 5) is 8.94. The van der Waals surface area contributed by atoms with E-state index in [9.17, 15) is 0 Å². The number of hydrogen-bond donors (Lipinski definition) is 0. The maximum atomic E-state index is 4.47. The summed E-state index contributed by atoms with van der Waals surface area (Å²) >= 11 is 0. The highest BCUT2D eigenvalue weighted by Gasteiger charge is 2.21. The summed E-state index contributed by atoms with van der Waals surface area (Å²) in [5.41, 5.74) is 3.64. The Morgan fingerprint density at radius 1 is 0.917 bits per heavy atom. The molecule has 1 aliphatic rings. The number of benzene rings is 1. The standard InChI is InChI=1S/C22H26N2/c1-3-5-17-7-9-19(10-8-17)20-11-13-21(14-12-20)22-23-15-18(6-4-2)16-24-22/h3-4,11-17,19H,1-2,5-10H2/t17-,19-. The second-order valence-corrected chi connectivity index (χ2v) is 6.77. The molecule has 0 amide bonds. The lowest BCUT2D eigenvalue weighted by Gasteiger charge is -2.28. The zero-order chi connectivity index (χ0) is 16.8. The SMILES string of the molecule is C=CCc1cnc(-c2ccc([C@H]3CC[C@H](CC=C)CC3)cc2)nc1. The molecule has 1 aliphatic carbocycles. The lowest BCUT2D eigenvalue weighted by molar-refractivity contribution is 0.328. The van der Waals surface area contributed by atoms with Gasteiger partial charge in [-0.2, -0.15) is 0 Å². The van der Waals surface area contributed by atoms with E-state index >= 15 is 0 Å². The van der Waals surface area contributed by atoms with Gasteiger partial charge in [0, 0.05) is 18.0 Å². The summed E-state index contributed by atoms with van der Waals surface area (Å²) in [7, 11) is 0. The summed E-state index contributed by atoms with van der Waals surface area (Å²) < 4.78 is 0. The molecule has 3 rings (SSSR count). The Hall–Kier alpha value is -2.22. The van der Waals surface area contributed by atoms with Gasteiger partial charge in [0.15, 0.2) is 5.82 Å². The van der Waals surface area contributed by atoms with Gasteiger partial charge in [-0.25, -0.2) is 9.97 Å². The zero-order valence-electron chi connectivity index (χ0n) is 14.3. The molecule has 24 heavy (non-hydrogen) atoms. The monoisotopic (exact) mass is 318 g/mol. The van der Waals surface area contributed by atoms with E-state index in [0.29, 0.717) is 5.92 Å². The molecule has 0 saturated heterocycles. The molecule has 2 heteroatoms. The van der Waals surface area contributed by atoms with Gasteiger partial charge in [0.05, 0.1) is 0 Å². The van der Waals surface area contributed by atoms with E-state index in [4.69, 9.17) is 0 Å². The molecular weight excluding hydrogens is 292 g/mol. The Morgan fingerprint density at radius 2 is 1.58 bits per heavy atom. The van der Waals surface area contributed by atoms with Crippen LogP contribution in [0.1, 0.15) is 49.1 Å². The maximum absolute atomic E-state index is 4.47. The Balaban J connectivity index is 1.65. The minimum atomic E-state index is 0.705. The van der Waals surface area contributed by atoms with Crippen LogP contribution in [0, 0.1) is 5.92 Å². The third-order valence-electron chi connectivity index (χ3n) is 5.07. The molecular formula is C22H26N2. The van der Waals surface area contributed by atoms with Gasteiger partial charge < -0.3 is 0 Å².